The Morgan fingerprint density at radius 1 is 1.70 bits per heavy atom. The molecule has 0 bridgehead atoms. The highest BCUT2D eigenvalue weighted by atomic mass is 16.5. The van der Waals surface area contributed by atoms with Gasteiger partial charge in [-0.15, -0.1) is 0 Å². The maximum atomic E-state index is 4.95. The smallest absolute Gasteiger partial charge is 0.0910 e. The number of hydrogen-bond donors (Lipinski definition) is 1. The molecule has 1 rings (SSSR count). The Labute approximate surface area is 60.4 Å². The molecule has 1 aromatic heterocycles. The van der Waals surface area contributed by atoms with Gasteiger partial charge in [-0.05, 0) is 12.0 Å². The van der Waals surface area contributed by atoms with Crippen molar-refractivity contribution in [3.05, 3.63) is 17.5 Å². The second kappa shape index (κ2) is 3.37. The molecule has 0 radical (unpaired) electrons. The fourth-order valence-corrected chi connectivity index (χ4v) is 0.911. The molecule has 0 unspecified atom stereocenters. The number of hydrogen-bond acceptors (Lipinski definition) is 2. The molecule has 0 aliphatic rings. The van der Waals surface area contributed by atoms with E-state index in [1.54, 1.807) is 7.11 Å². The minimum atomic E-state index is 0.604. The number of nitrogens with one attached hydrogen (secondary N) is 1. The molecular formula is C7H12N2O. The van der Waals surface area contributed by atoms with Crippen LogP contribution >= 0.6 is 0 Å². The molecule has 1 N–H and O–H groups in total. The minimum absolute atomic E-state index is 0.604. The molecule has 1 aromatic rings. The van der Waals surface area contributed by atoms with Gasteiger partial charge in [0.25, 0.3) is 0 Å². The van der Waals surface area contributed by atoms with Crippen molar-refractivity contribution >= 4 is 0 Å². The fourth-order valence-electron chi connectivity index (χ4n) is 0.911. The van der Waals surface area contributed by atoms with E-state index in [4.69, 9.17) is 4.74 Å². The van der Waals surface area contributed by atoms with Crippen molar-refractivity contribution in [3.63, 3.8) is 0 Å². The number of aromatic amines is 1. The Morgan fingerprint density at radius 3 is 3.10 bits per heavy atom. The van der Waals surface area contributed by atoms with Gasteiger partial charge in [0.2, 0.25) is 0 Å². The lowest BCUT2D eigenvalue weighted by atomic mass is 10.2. The molecule has 1 heterocycles. The summed E-state index contributed by atoms with van der Waals surface area (Å²) in [6.07, 6.45) is 2.92. The van der Waals surface area contributed by atoms with Crippen LogP contribution in [0.1, 0.15) is 18.2 Å². The molecule has 0 fully saturated rings. The van der Waals surface area contributed by atoms with Crippen molar-refractivity contribution in [1.82, 2.24) is 10.2 Å². The van der Waals surface area contributed by atoms with Crippen molar-refractivity contribution in [2.45, 2.75) is 20.0 Å². The van der Waals surface area contributed by atoms with Gasteiger partial charge in [-0.3, -0.25) is 5.10 Å². The lowest BCUT2D eigenvalue weighted by Crippen LogP contribution is -1.91. The number of aromatic nitrogens is 2. The van der Waals surface area contributed by atoms with Crippen molar-refractivity contribution < 1.29 is 4.74 Å². The highest BCUT2D eigenvalue weighted by Gasteiger charge is 2.00. The second-order valence-electron chi connectivity index (χ2n) is 2.14. The predicted molar refractivity (Wildman–Crippen MR) is 38.7 cm³/mol. The number of aryl methyl sites for hydroxylation is 1. The Morgan fingerprint density at radius 2 is 2.50 bits per heavy atom. The molecule has 3 heteroatoms. The molecule has 0 spiro atoms. The molecule has 0 aromatic carbocycles. The van der Waals surface area contributed by atoms with E-state index in [2.05, 4.69) is 17.1 Å². The quantitative estimate of drug-likeness (QED) is 0.683. The van der Waals surface area contributed by atoms with Gasteiger partial charge in [-0.2, -0.15) is 5.10 Å². The van der Waals surface area contributed by atoms with E-state index in [1.807, 2.05) is 6.20 Å². The monoisotopic (exact) mass is 140 g/mol. The zero-order valence-corrected chi connectivity index (χ0v) is 6.35. The van der Waals surface area contributed by atoms with E-state index < -0.39 is 0 Å². The maximum Gasteiger partial charge on any atom is 0.0910 e. The van der Waals surface area contributed by atoms with Crippen LogP contribution in [0.3, 0.4) is 0 Å². The van der Waals surface area contributed by atoms with Gasteiger partial charge in [0.15, 0.2) is 0 Å². The van der Waals surface area contributed by atoms with Gasteiger partial charge in [-0.1, -0.05) is 6.92 Å². The van der Waals surface area contributed by atoms with Crippen molar-refractivity contribution in [1.29, 1.82) is 0 Å². The zero-order valence-electron chi connectivity index (χ0n) is 6.35. The normalized spacial score (nSPS) is 10.2. The summed E-state index contributed by atoms with van der Waals surface area (Å²) < 4.78 is 4.95. The summed E-state index contributed by atoms with van der Waals surface area (Å²) in [6, 6.07) is 0. The molecule has 3 nitrogen and oxygen atoms in total. The number of nitrogens with zero attached hydrogens (tertiary/aromatic N) is 1. The van der Waals surface area contributed by atoms with Crippen LogP contribution in [0.2, 0.25) is 0 Å². The second-order valence-corrected chi connectivity index (χ2v) is 2.14. The highest BCUT2D eigenvalue weighted by molar-refractivity contribution is 5.14. The van der Waals surface area contributed by atoms with Crippen LogP contribution in [0.4, 0.5) is 0 Å². The average molecular weight is 140 g/mol. The van der Waals surface area contributed by atoms with Crippen LogP contribution in [-0.2, 0) is 17.8 Å². The van der Waals surface area contributed by atoms with E-state index in [0.717, 1.165) is 12.1 Å². The Kier molecular flexibility index (Phi) is 2.45. The summed E-state index contributed by atoms with van der Waals surface area (Å²) in [5, 5.41) is 6.83. The summed E-state index contributed by atoms with van der Waals surface area (Å²) >= 11 is 0. The van der Waals surface area contributed by atoms with Crippen LogP contribution < -0.4 is 0 Å². The van der Waals surface area contributed by atoms with Crippen LogP contribution in [0, 0.1) is 0 Å². The third-order valence-electron chi connectivity index (χ3n) is 1.47. The van der Waals surface area contributed by atoms with Gasteiger partial charge < -0.3 is 4.74 Å². The molecule has 0 aliphatic heterocycles. The summed E-state index contributed by atoms with van der Waals surface area (Å²) in [5.74, 6) is 0. The lowest BCUT2D eigenvalue weighted by molar-refractivity contribution is 0.180. The third kappa shape index (κ3) is 1.36. The Balaban J connectivity index is 2.70. The topological polar surface area (TPSA) is 37.9 Å². The first kappa shape index (κ1) is 7.28. The predicted octanol–water partition coefficient (Wildman–Crippen LogP) is 1.12. The zero-order chi connectivity index (χ0) is 7.40. The first-order chi connectivity index (χ1) is 4.88. The van der Waals surface area contributed by atoms with Gasteiger partial charge in [-0.25, -0.2) is 0 Å². The maximum absolute atomic E-state index is 4.95. The van der Waals surface area contributed by atoms with Gasteiger partial charge in [0, 0.05) is 13.3 Å². The van der Waals surface area contributed by atoms with E-state index in [-0.39, 0.29) is 0 Å². The number of H-pyrrole nitrogens is 1. The van der Waals surface area contributed by atoms with Crippen LogP contribution in [-0.4, -0.2) is 17.3 Å². The summed E-state index contributed by atoms with van der Waals surface area (Å²) in [5.41, 5.74) is 2.26. The first-order valence-corrected chi connectivity index (χ1v) is 3.39. The summed E-state index contributed by atoms with van der Waals surface area (Å²) in [7, 11) is 1.67. The minimum Gasteiger partial charge on any atom is -0.378 e. The molecular weight excluding hydrogens is 128 g/mol. The molecule has 10 heavy (non-hydrogen) atoms. The standard InChI is InChI=1S/C7H12N2O/c1-3-6-4-8-9-7(6)5-10-2/h4H,3,5H2,1-2H3,(H,8,9). The molecule has 0 saturated heterocycles. The Hall–Kier alpha value is -0.830. The van der Waals surface area contributed by atoms with Crippen molar-refractivity contribution in [2.75, 3.05) is 7.11 Å². The first-order valence-electron chi connectivity index (χ1n) is 3.39. The van der Waals surface area contributed by atoms with Gasteiger partial charge >= 0.3 is 0 Å². The lowest BCUT2D eigenvalue weighted by Gasteiger charge is -1.95. The highest BCUT2D eigenvalue weighted by Crippen LogP contribution is 2.05. The van der Waals surface area contributed by atoms with Crippen molar-refractivity contribution in [3.8, 4) is 0 Å². The van der Waals surface area contributed by atoms with Crippen LogP contribution in [0.5, 0.6) is 0 Å². The van der Waals surface area contributed by atoms with Crippen LogP contribution in [0.25, 0.3) is 0 Å². The SMILES string of the molecule is CCc1c[nH]nc1COC. The van der Waals surface area contributed by atoms with E-state index in [0.29, 0.717) is 6.61 Å². The Bertz CT molecular complexity index is 195. The van der Waals surface area contributed by atoms with E-state index in [1.165, 1.54) is 5.56 Å². The van der Waals surface area contributed by atoms with E-state index in [9.17, 15) is 0 Å². The molecule has 0 atom stereocenters. The van der Waals surface area contributed by atoms with Crippen LogP contribution in [0.15, 0.2) is 6.20 Å². The number of ether oxygens (including phenoxy) is 1. The average Bonchev–Trinajstić information content (AvgIpc) is 2.36. The van der Waals surface area contributed by atoms with Crippen molar-refractivity contribution in [2.24, 2.45) is 0 Å². The molecule has 0 saturated carbocycles. The molecule has 0 amide bonds. The van der Waals surface area contributed by atoms with E-state index >= 15 is 0 Å². The number of methoxy groups -OCH3 is 1. The summed E-state index contributed by atoms with van der Waals surface area (Å²) in [6.45, 7) is 2.71. The summed E-state index contributed by atoms with van der Waals surface area (Å²) in [4.78, 5) is 0. The molecule has 56 valence electrons. The fraction of sp³-hybridized carbons (Fsp3) is 0.571. The largest absolute Gasteiger partial charge is 0.378 e. The molecule has 0 aliphatic carbocycles. The third-order valence-corrected chi connectivity index (χ3v) is 1.47. The van der Waals surface area contributed by atoms with Gasteiger partial charge in [0.1, 0.15) is 0 Å². The number of rotatable bonds is 3. The van der Waals surface area contributed by atoms with Gasteiger partial charge in [0.05, 0.1) is 12.3 Å².